The molecule has 1 aromatic carbocycles. The molecule has 1 atom stereocenters. The van der Waals surface area contributed by atoms with Crippen LogP contribution in [-0.2, 0) is 0 Å². The van der Waals surface area contributed by atoms with E-state index in [0.717, 1.165) is 5.75 Å². The van der Waals surface area contributed by atoms with Gasteiger partial charge in [-0.2, -0.15) is 4.98 Å². The Morgan fingerprint density at radius 2 is 1.95 bits per heavy atom. The van der Waals surface area contributed by atoms with Crippen molar-refractivity contribution in [3.05, 3.63) is 42.6 Å². The Morgan fingerprint density at radius 3 is 2.77 bits per heavy atom. The minimum Gasteiger partial charge on any atom is -0.439 e. The van der Waals surface area contributed by atoms with E-state index in [-0.39, 0.29) is 0 Å². The largest absolute Gasteiger partial charge is 0.439 e. The number of rotatable bonds is 4. The van der Waals surface area contributed by atoms with Crippen molar-refractivity contribution in [2.45, 2.75) is 44.6 Å². The molecule has 22 heavy (non-hydrogen) atoms. The summed E-state index contributed by atoms with van der Waals surface area (Å²) in [6, 6.07) is 12.0. The lowest BCUT2D eigenvalue weighted by atomic mass is 9.83. The molecule has 0 saturated heterocycles. The minimum atomic E-state index is 0.503. The monoisotopic (exact) mass is 295 g/mol. The zero-order valence-corrected chi connectivity index (χ0v) is 12.7. The van der Waals surface area contributed by atoms with E-state index in [4.69, 9.17) is 4.74 Å². The Labute approximate surface area is 130 Å². The Kier molecular flexibility index (Phi) is 3.45. The number of ether oxygens (including phenoxy) is 1. The molecule has 1 aromatic heterocycles. The Hall–Kier alpha value is -2.10. The molecule has 2 saturated carbocycles. The number of benzene rings is 1. The van der Waals surface area contributed by atoms with Crippen molar-refractivity contribution >= 4 is 5.95 Å². The molecule has 1 heterocycles. The smallest absolute Gasteiger partial charge is 0.226 e. The molecule has 1 N–H and O–H groups in total. The molecule has 2 aliphatic carbocycles. The van der Waals surface area contributed by atoms with Gasteiger partial charge in [-0.05, 0) is 49.7 Å². The van der Waals surface area contributed by atoms with Crippen LogP contribution in [0.25, 0.3) is 0 Å². The maximum Gasteiger partial charge on any atom is 0.226 e. The second kappa shape index (κ2) is 5.59. The van der Waals surface area contributed by atoms with Gasteiger partial charge in [0.15, 0.2) is 0 Å². The van der Waals surface area contributed by atoms with Crippen LogP contribution in [0.4, 0.5) is 5.95 Å². The van der Waals surface area contributed by atoms with Crippen molar-refractivity contribution < 1.29 is 4.74 Å². The highest BCUT2D eigenvalue weighted by Crippen LogP contribution is 2.56. The summed E-state index contributed by atoms with van der Waals surface area (Å²) >= 11 is 0. The fraction of sp³-hybridized carbons (Fsp3) is 0.444. The van der Waals surface area contributed by atoms with Gasteiger partial charge < -0.3 is 10.1 Å². The van der Waals surface area contributed by atoms with Crippen LogP contribution in [0.5, 0.6) is 11.6 Å². The molecule has 114 valence electrons. The SMILES string of the molecule is c1ccc(Oc2ccnc(NC3CCCC4(CC4)C3)n2)cc1. The van der Waals surface area contributed by atoms with E-state index in [2.05, 4.69) is 15.3 Å². The van der Waals surface area contributed by atoms with Crippen LogP contribution >= 0.6 is 0 Å². The number of hydrogen-bond donors (Lipinski definition) is 1. The summed E-state index contributed by atoms with van der Waals surface area (Å²) in [4.78, 5) is 8.83. The van der Waals surface area contributed by atoms with Crippen LogP contribution < -0.4 is 10.1 Å². The van der Waals surface area contributed by atoms with Gasteiger partial charge in [0, 0.05) is 18.3 Å². The minimum absolute atomic E-state index is 0.503. The van der Waals surface area contributed by atoms with Crippen LogP contribution in [-0.4, -0.2) is 16.0 Å². The zero-order valence-electron chi connectivity index (χ0n) is 12.7. The third-order valence-electron chi connectivity index (χ3n) is 4.83. The molecular formula is C18H21N3O. The first-order valence-corrected chi connectivity index (χ1v) is 8.14. The Bertz CT molecular complexity index is 640. The van der Waals surface area contributed by atoms with E-state index < -0.39 is 0 Å². The number of hydrogen-bond acceptors (Lipinski definition) is 4. The van der Waals surface area contributed by atoms with E-state index >= 15 is 0 Å². The predicted octanol–water partition coefficient (Wildman–Crippen LogP) is 4.40. The van der Waals surface area contributed by atoms with E-state index in [1.807, 2.05) is 30.3 Å². The van der Waals surface area contributed by atoms with Crippen LogP contribution in [0.3, 0.4) is 0 Å². The fourth-order valence-corrected chi connectivity index (χ4v) is 3.46. The number of para-hydroxylation sites is 1. The molecule has 4 rings (SSSR count). The normalized spacial score (nSPS) is 22.3. The molecule has 0 radical (unpaired) electrons. The van der Waals surface area contributed by atoms with Crippen LogP contribution in [0.2, 0.25) is 0 Å². The number of anilines is 1. The van der Waals surface area contributed by atoms with E-state index in [9.17, 15) is 0 Å². The van der Waals surface area contributed by atoms with Crippen molar-refractivity contribution in [3.63, 3.8) is 0 Å². The summed E-state index contributed by atoms with van der Waals surface area (Å²) in [5.74, 6) is 2.05. The van der Waals surface area contributed by atoms with Gasteiger partial charge in [-0.1, -0.05) is 24.6 Å². The Balaban J connectivity index is 1.43. The molecule has 2 aliphatic rings. The highest BCUT2D eigenvalue weighted by molar-refractivity contribution is 5.32. The first-order chi connectivity index (χ1) is 10.8. The molecule has 1 spiro atoms. The van der Waals surface area contributed by atoms with Crippen molar-refractivity contribution in [2.75, 3.05) is 5.32 Å². The average molecular weight is 295 g/mol. The van der Waals surface area contributed by atoms with Gasteiger partial charge in [-0.3, -0.25) is 0 Å². The van der Waals surface area contributed by atoms with Gasteiger partial charge in [-0.15, -0.1) is 0 Å². The fourth-order valence-electron chi connectivity index (χ4n) is 3.46. The molecule has 2 aromatic rings. The molecule has 2 fully saturated rings. The molecule has 0 bridgehead atoms. The first kappa shape index (κ1) is 13.6. The number of nitrogens with one attached hydrogen (secondary N) is 1. The van der Waals surface area contributed by atoms with E-state index in [1.54, 1.807) is 12.3 Å². The third-order valence-corrected chi connectivity index (χ3v) is 4.83. The molecule has 4 heteroatoms. The van der Waals surface area contributed by atoms with Crippen molar-refractivity contribution in [3.8, 4) is 11.6 Å². The van der Waals surface area contributed by atoms with Gasteiger partial charge in [0.2, 0.25) is 11.8 Å². The van der Waals surface area contributed by atoms with Gasteiger partial charge >= 0.3 is 0 Å². The average Bonchev–Trinajstić information content (AvgIpc) is 3.27. The highest BCUT2D eigenvalue weighted by atomic mass is 16.5. The third kappa shape index (κ3) is 3.06. The maximum atomic E-state index is 5.77. The summed E-state index contributed by atoms with van der Waals surface area (Å²) in [6.07, 6.45) is 9.77. The summed E-state index contributed by atoms with van der Waals surface area (Å²) < 4.78 is 5.77. The van der Waals surface area contributed by atoms with Crippen LogP contribution in [0.1, 0.15) is 38.5 Å². The number of nitrogens with zero attached hydrogens (tertiary/aromatic N) is 2. The van der Waals surface area contributed by atoms with Crippen LogP contribution in [0, 0.1) is 5.41 Å². The van der Waals surface area contributed by atoms with Crippen LogP contribution in [0.15, 0.2) is 42.6 Å². The lowest BCUT2D eigenvalue weighted by Gasteiger charge is -2.29. The second-order valence-corrected chi connectivity index (χ2v) is 6.57. The van der Waals surface area contributed by atoms with Gasteiger partial charge in [0.05, 0.1) is 0 Å². The molecule has 4 nitrogen and oxygen atoms in total. The van der Waals surface area contributed by atoms with Gasteiger partial charge in [0.1, 0.15) is 5.75 Å². The van der Waals surface area contributed by atoms with Crippen molar-refractivity contribution in [1.82, 2.24) is 9.97 Å². The quantitative estimate of drug-likeness (QED) is 0.908. The van der Waals surface area contributed by atoms with Gasteiger partial charge in [0.25, 0.3) is 0 Å². The maximum absolute atomic E-state index is 5.77. The second-order valence-electron chi connectivity index (χ2n) is 6.57. The standard InChI is InChI=1S/C18H21N3O/c1-2-6-15(7-3-1)22-16-8-12-19-17(21-16)20-14-5-4-9-18(13-14)10-11-18/h1-3,6-8,12,14H,4-5,9-11,13H2,(H,19,20,21). The first-order valence-electron chi connectivity index (χ1n) is 8.14. The summed E-state index contributed by atoms with van der Waals surface area (Å²) in [5.41, 5.74) is 0.647. The summed E-state index contributed by atoms with van der Waals surface area (Å²) in [6.45, 7) is 0. The topological polar surface area (TPSA) is 47.0 Å². The number of aromatic nitrogens is 2. The molecule has 0 amide bonds. The predicted molar refractivity (Wildman–Crippen MR) is 86.1 cm³/mol. The lowest BCUT2D eigenvalue weighted by Crippen LogP contribution is -2.28. The summed E-state index contributed by atoms with van der Waals surface area (Å²) in [5, 5.41) is 3.50. The van der Waals surface area contributed by atoms with Gasteiger partial charge in [-0.25, -0.2) is 4.98 Å². The summed E-state index contributed by atoms with van der Waals surface area (Å²) in [7, 11) is 0. The molecule has 0 aliphatic heterocycles. The zero-order chi connectivity index (χ0) is 14.8. The van der Waals surface area contributed by atoms with E-state index in [0.29, 0.717) is 23.3 Å². The molecule has 1 unspecified atom stereocenters. The van der Waals surface area contributed by atoms with Crippen molar-refractivity contribution in [1.29, 1.82) is 0 Å². The van der Waals surface area contributed by atoms with E-state index in [1.165, 1.54) is 38.5 Å². The molecular weight excluding hydrogens is 274 g/mol. The lowest BCUT2D eigenvalue weighted by molar-refractivity contribution is 0.313. The van der Waals surface area contributed by atoms with Crippen molar-refractivity contribution in [2.24, 2.45) is 5.41 Å². The Morgan fingerprint density at radius 1 is 1.09 bits per heavy atom. The highest BCUT2D eigenvalue weighted by Gasteiger charge is 2.45.